The van der Waals surface area contributed by atoms with Crippen LogP contribution in [0.3, 0.4) is 0 Å². The van der Waals surface area contributed by atoms with Crippen molar-refractivity contribution in [3.63, 3.8) is 0 Å². The number of allylic oxidation sites excluding steroid dienone is 3. The van der Waals surface area contributed by atoms with E-state index in [0.29, 0.717) is 12.0 Å². The fraction of sp³-hybridized carbons (Fsp3) is 0.500. The number of carbonyl (C=O) groups is 2. The minimum atomic E-state index is -0.611. The summed E-state index contributed by atoms with van der Waals surface area (Å²) in [6, 6.07) is -0.611. The van der Waals surface area contributed by atoms with Crippen LogP contribution in [-0.4, -0.2) is 31.3 Å². The van der Waals surface area contributed by atoms with Crippen LogP contribution in [0.4, 0.5) is 0 Å². The highest BCUT2D eigenvalue weighted by atomic mass is 16.2. The van der Waals surface area contributed by atoms with Crippen molar-refractivity contribution in [2.75, 3.05) is 13.6 Å². The highest BCUT2D eigenvalue weighted by Crippen LogP contribution is 2.07. The summed E-state index contributed by atoms with van der Waals surface area (Å²) in [5.41, 5.74) is 0.708. The van der Waals surface area contributed by atoms with Crippen LogP contribution in [0.5, 0.6) is 0 Å². The molecule has 0 rings (SSSR count). The third kappa shape index (κ3) is 7.69. The van der Waals surface area contributed by atoms with Crippen molar-refractivity contribution in [3.05, 3.63) is 36.5 Å². The number of ketones is 1. The highest BCUT2D eigenvalue weighted by Gasteiger charge is 2.19. The summed E-state index contributed by atoms with van der Waals surface area (Å²) in [5, 5.41) is 5.81. The van der Waals surface area contributed by atoms with E-state index in [9.17, 15) is 9.59 Å². The van der Waals surface area contributed by atoms with E-state index >= 15 is 0 Å². The molecule has 20 heavy (non-hydrogen) atoms. The summed E-state index contributed by atoms with van der Waals surface area (Å²) in [6.07, 6.45) is 9.26. The molecule has 1 atom stereocenters. The Hall–Kier alpha value is -1.68. The fourth-order valence-corrected chi connectivity index (χ4v) is 1.73. The van der Waals surface area contributed by atoms with Gasteiger partial charge in [-0.25, -0.2) is 0 Å². The molecule has 0 aliphatic heterocycles. The van der Waals surface area contributed by atoms with E-state index < -0.39 is 6.04 Å². The first-order valence-electron chi connectivity index (χ1n) is 6.96. The van der Waals surface area contributed by atoms with Gasteiger partial charge in [-0.3, -0.25) is 9.59 Å². The van der Waals surface area contributed by atoms with Crippen LogP contribution >= 0.6 is 0 Å². The lowest BCUT2D eigenvalue weighted by Gasteiger charge is -2.17. The lowest BCUT2D eigenvalue weighted by atomic mass is 10.0. The van der Waals surface area contributed by atoms with E-state index in [1.807, 2.05) is 26.1 Å². The van der Waals surface area contributed by atoms with Gasteiger partial charge in [-0.15, -0.1) is 0 Å². The molecule has 0 radical (unpaired) electrons. The lowest BCUT2D eigenvalue weighted by molar-refractivity contribution is -0.126. The van der Waals surface area contributed by atoms with Crippen LogP contribution in [-0.2, 0) is 9.59 Å². The van der Waals surface area contributed by atoms with E-state index in [0.717, 1.165) is 19.4 Å². The van der Waals surface area contributed by atoms with Crippen LogP contribution < -0.4 is 10.6 Å². The van der Waals surface area contributed by atoms with E-state index in [1.165, 1.54) is 6.92 Å². The lowest BCUT2D eigenvalue weighted by Crippen LogP contribution is -2.40. The maximum absolute atomic E-state index is 11.9. The van der Waals surface area contributed by atoms with Crippen molar-refractivity contribution >= 4 is 11.7 Å². The summed E-state index contributed by atoms with van der Waals surface area (Å²) >= 11 is 0. The van der Waals surface area contributed by atoms with Gasteiger partial charge in [0.2, 0.25) is 5.91 Å². The summed E-state index contributed by atoms with van der Waals surface area (Å²) in [7, 11) is 1.88. The average molecular weight is 278 g/mol. The SMILES string of the molecule is C=C/C(=C\C=C/C)C(NC(=O)CCCCNC)C(C)=O. The Morgan fingerprint density at radius 1 is 1.30 bits per heavy atom. The number of hydrogen-bond donors (Lipinski definition) is 2. The molecule has 0 aliphatic carbocycles. The minimum absolute atomic E-state index is 0.0933. The fourth-order valence-electron chi connectivity index (χ4n) is 1.73. The maximum Gasteiger partial charge on any atom is 0.220 e. The molecule has 0 bridgehead atoms. The van der Waals surface area contributed by atoms with Crippen molar-refractivity contribution in [1.29, 1.82) is 0 Å². The average Bonchev–Trinajstić information content (AvgIpc) is 2.42. The van der Waals surface area contributed by atoms with Gasteiger partial charge in [-0.2, -0.15) is 0 Å². The van der Waals surface area contributed by atoms with E-state index in [2.05, 4.69) is 17.2 Å². The van der Waals surface area contributed by atoms with Gasteiger partial charge in [-0.1, -0.05) is 30.9 Å². The van der Waals surface area contributed by atoms with Crippen molar-refractivity contribution in [1.82, 2.24) is 10.6 Å². The summed E-state index contributed by atoms with van der Waals surface area (Å²) in [6.45, 7) is 7.95. The molecule has 0 aromatic rings. The Kier molecular flexibility index (Phi) is 10.2. The Labute approximate surface area is 122 Å². The van der Waals surface area contributed by atoms with Crippen LogP contribution in [0, 0.1) is 0 Å². The van der Waals surface area contributed by atoms with Crippen molar-refractivity contribution in [2.45, 2.75) is 39.2 Å². The zero-order valence-electron chi connectivity index (χ0n) is 12.7. The van der Waals surface area contributed by atoms with E-state index in [-0.39, 0.29) is 11.7 Å². The van der Waals surface area contributed by atoms with Crippen LogP contribution in [0.1, 0.15) is 33.1 Å². The van der Waals surface area contributed by atoms with Gasteiger partial charge >= 0.3 is 0 Å². The molecule has 112 valence electrons. The quantitative estimate of drug-likeness (QED) is 0.475. The van der Waals surface area contributed by atoms with E-state index in [4.69, 9.17) is 0 Å². The zero-order valence-corrected chi connectivity index (χ0v) is 12.7. The second kappa shape index (κ2) is 11.2. The molecule has 0 aromatic heterocycles. The maximum atomic E-state index is 11.9. The van der Waals surface area contributed by atoms with Gasteiger partial charge in [0.25, 0.3) is 0 Å². The second-order valence-electron chi connectivity index (χ2n) is 4.57. The van der Waals surface area contributed by atoms with E-state index in [1.54, 1.807) is 12.2 Å². The summed E-state index contributed by atoms with van der Waals surface area (Å²) < 4.78 is 0. The molecule has 4 heteroatoms. The van der Waals surface area contributed by atoms with Gasteiger partial charge in [0.1, 0.15) is 6.04 Å². The van der Waals surface area contributed by atoms with Gasteiger partial charge in [0, 0.05) is 6.42 Å². The predicted molar refractivity (Wildman–Crippen MR) is 83.5 cm³/mol. The molecule has 4 nitrogen and oxygen atoms in total. The molecule has 1 unspecified atom stereocenters. The number of amides is 1. The molecular formula is C16H26N2O2. The normalized spacial score (nSPS) is 13.2. The first-order chi connectivity index (χ1) is 9.56. The molecule has 0 aliphatic rings. The first-order valence-corrected chi connectivity index (χ1v) is 6.96. The third-order valence-electron chi connectivity index (χ3n) is 2.84. The van der Waals surface area contributed by atoms with Gasteiger partial charge in [-0.05, 0) is 45.9 Å². The Bertz CT molecular complexity index is 384. The molecular weight excluding hydrogens is 252 g/mol. The number of Topliss-reactive ketones (excluding diaryl/α,β-unsaturated/α-hetero) is 1. The van der Waals surface area contributed by atoms with Gasteiger partial charge < -0.3 is 10.6 Å². The molecule has 0 aromatic carbocycles. The standard InChI is InChI=1S/C16H26N2O2/c1-5-7-10-14(6-2)16(13(3)19)18-15(20)11-8-9-12-17-4/h5-7,10,16-17H,2,8-9,11-12H2,1,3-4H3,(H,18,20)/b7-5-,14-10+. The van der Waals surface area contributed by atoms with Crippen molar-refractivity contribution < 1.29 is 9.59 Å². The zero-order chi connectivity index (χ0) is 15.4. The molecule has 2 N–H and O–H groups in total. The van der Waals surface area contributed by atoms with Crippen LogP contribution in [0.2, 0.25) is 0 Å². The Morgan fingerprint density at radius 2 is 2.00 bits per heavy atom. The molecule has 0 spiro atoms. The van der Waals surface area contributed by atoms with Gasteiger partial charge in [0.05, 0.1) is 0 Å². The van der Waals surface area contributed by atoms with Crippen molar-refractivity contribution in [2.24, 2.45) is 0 Å². The second-order valence-corrected chi connectivity index (χ2v) is 4.57. The Balaban J connectivity index is 4.57. The number of hydrogen-bond acceptors (Lipinski definition) is 3. The number of rotatable bonds is 10. The summed E-state index contributed by atoms with van der Waals surface area (Å²) in [4.78, 5) is 23.5. The summed E-state index contributed by atoms with van der Waals surface area (Å²) in [5.74, 6) is -0.196. The first kappa shape index (κ1) is 18.3. The number of nitrogens with one attached hydrogen (secondary N) is 2. The van der Waals surface area contributed by atoms with Crippen LogP contribution in [0.25, 0.3) is 0 Å². The minimum Gasteiger partial charge on any atom is -0.342 e. The monoisotopic (exact) mass is 278 g/mol. The molecule has 0 heterocycles. The smallest absolute Gasteiger partial charge is 0.220 e. The third-order valence-corrected chi connectivity index (χ3v) is 2.84. The van der Waals surface area contributed by atoms with Gasteiger partial charge in [0.15, 0.2) is 5.78 Å². The molecule has 0 saturated heterocycles. The topological polar surface area (TPSA) is 58.2 Å². The number of carbonyl (C=O) groups excluding carboxylic acids is 2. The molecule has 0 saturated carbocycles. The van der Waals surface area contributed by atoms with Crippen molar-refractivity contribution in [3.8, 4) is 0 Å². The highest BCUT2D eigenvalue weighted by molar-refractivity contribution is 5.90. The predicted octanol–water partition coefficient (Wildman–Crippen LogP) is 2.14. The largest absolute Gasteiger partial charge is 0.342 e. The van der Waals surface area contributed by atoms with Crippen LogP contribution in [0.15, 0.2) is 36.5 Å². The Morgan fingerprint density at radius 3 is 2.50 bits per heavy atom. The molecule has 1 amide bonds. The molecule has 0 fully saturated rings. The number of unbranched alkanes of at least 4 members (excludes halogenated alkanes) is 1.